The second-order valence-electron chi connectivity index (χ2n) is 7.48. The number of benzene rings is 1. The van der Waals surface area contributed by atoms with Gasteiger partial charge in [0.1, 0.15) is 5.82 Å². The number of nitrogens with zero attached hydrogens (tertiary/aromatic N) is 3. The first kappa shape index (κ1) is 22.6. The predicted octanol–water partition coefficient (Wildman–Crippen LogP) is 0.671. The largest absolute Gasteiger partial charge is 0.355 e. The van der Waals surface area contributed by atoms with E-state index in [1.165, 1.54) is 24.5 Å². The van der Waals surface area contributed by atoms with Gasteiger partial charge in [0.25, 0.3) is 0 Å². The average molecular weight is 414 g/mol. The van der Waals surface area contributed by atoms with Gasteiger partial charge in [-0.2, -0.15) is 0 Å². The van der Waals surface area contributed by atoms with Gasteiger partial charge in [-0.1, -0.05) is 6.07 Å². The highest BCUT2D eigenvalue weighted by atomic mass is 32.2. The molecule has 1 aliphatic heterocycles. The Bertz CT molecular complexity index is 777. The maximum Gasteiger partial charge on any atom is 0.191 e. The molecule has 1 fully saturated rings. The minimum atomic E-state index is -3.20. The summed E-state index contributed by atoms with van der Waals surface area (Å²) in [6.07, 6.45) is 1.17. The van der Waals surface area contributed by atoms with E-state index in [4.69, 9.17) is 0 Å². The Balaban J connectivity index is 1.91. The van der Waals surface area contributed by atoms with Crippen LogP contribution in [0, 0.1) is 5.82 Å². The zero-order valence-corrected chi connectivity index (χ0v) is 18.0. The molecule has 1 aliphatic rings. The monoisotopic (exact) mass is 413 g/mol. The third kappa shape index (κ3) is 7.37. The summed E-state index contributed by atoms with van der Waals surface area (Å²) in [5.74, 6) is 0.104. The average Bonchev–Trinajstić information content (AvgIpc) is 2.63. The Labute approximate surface area is 167 Å². The van der Waals surface area contributed by atoms with Gasteiger partial charge in [-0.15, -0.1) is 0 Å². The van der Waals surface area contributed by atoms with E-state index in [0.29, 0.717) is 29.7 Å². The van der Waals surface area contributed by atoms with Crippen LogP contribution in [0.25, 0.3) is 0 Å². The van der Waals surface area contributed by atoms with Gasteiger partial charge in [0.05, 0.1) is 5.75 Å². The molecule has 1 heterocycles. The van der Waals surface area contributed by atoms with Gasteiger partial charge in [0.15, 0.2) is 15.8 Å². The fourth-order valence-corrected chi connectivity index (χ4v) is 4.06. The second kappa shape index (κ2) is 10.2. The van der Waals surface area contributed by atoms with Crippen LogP contribution in [0.5, 0.6) is 0 Å². The molecule has 2 N–H and O–H groups in total. The smallest absolute Gasteiger partial charge is 0.191 e. The van der Waals surface area contributed by atoms with Gasteiger partial charge in [-0.05, 0) is 37.2 Å². The first-order chi connectivity index (χ1) is 13.2. The summed E-state index contributed by atoms with van der Waals surface area (Å²) < 4.78 is 36.9. The molecular formula is C19H32FN5O2S. The molecular weight excluding hydrogens is 381 g/mol. The number of halogens is 1. The number of nitrogens with one attached hydrogen (secondary N) is 2. The summed E-state index contributed by atoms with van der Waals surface area (Å²) in [5, 5.41) is 6.46. The van der Waals surface area contributed by atoms with Crippen molar-refractivity contribution in [1.29, 1.82) is 0 Å². The lowest BCUT2D eigenvalue weighted by atomic mass is 10.1. The van der Waals surface area contributed by atoms with Crippen molar-refractivity contribution in [2.75, 3.05) is 53.1 Å². The zero-order valence-electron chi connectivity index (χ0n) is 17.2. The quantitative estimate of drug-likeness (QED) is 0.506. The normalized spacial score (nSPS) is 18.1. The molecule has 0 amide bonds. The molecule has 1 unspecified atom stereocenters. The van der Waals surface area contributed by atoms with E-state index in [2.05, 4.69) is 39.4 Å². The van der Waals surface area contributed by atoms with Crippen LogP contribution in [0.15, 0.2) is 23.2 Å². The van der Waals surface area contributed by atoms with E-state index in [1.807, 2.05) is 0 Å². The van der Waals surface area contributed by atoms with Crippen molar-refractivity contribution in [1.82, 2.24) is 20.4 Å². The van der Waals surface area contributed by atoms with Gasteiger partial charge in [-0.3, -0.25) is 9.89 Å². The van der Waals surface area contributed by atoms with Gasteiger partial charge in [-0.25, -0.2) is 12.8 Å². The number of hydrogen-bond acceptors (Lipinski definition) is 5. The number of aliphatic imine (C=N–C) groups is 1. The van der Waals surface area contributed by atoms with Gasteiger partial charge in [0.2, 0.25) is 0 Å². The number of likely N-dealkylation sites (N-methyl/N-ethyl adjacent to an activating group) is 1. The van der Waals surface area contributed by atoms with Crippen LogP contribution in [-0.2, 0) is 22.1 Å². The SMILES string of the molecule is CN=C(NCc1cc(F)ccc1CS(C)(=O)=O)NCC(C)N1CCN(C)CC1. The minimum Gasteiger partial charge on any atom is -0.355 e. The van der Waals surface area contributed by atoms with Gasteiger partial charge in [0, 0.05) is 58.6 Å². The Morgan fingerprint density at radius 1 is 1.21 bits per heavy atom. The molecule has 0 saturated carbocycles. The number of piperazine rings is 1. The highest BCUT2D eigenvalue weighted by Crippen LogP contribution is 2.14. The highest BCUT2D eigenvalue weighted by molar-refractivity contribution is 7.89. The minimum absolute atomic E-state index is 0.114. The van der Waals surface area contributed by atoms with Crippen molar-refractivity contribution < 1.29 is 12.8 Å². The molecule has 0 aromatic heterocycles. The van der Waals surface area contributed by atoms with Crippen LogP contribution in [0.4, 0.5) is 4.39 Å². The number of hydrogen-bond donors (Lipinski definition) is 2. The number of guanidine groups is 1. The summed E-state index contributed by atoms with van der Waals surface area (Å²) in [6.45, 7) is 7.45. The molecule has 158 valence electrons. The summed E-state index contributed by atoms with van der Waals surface area (Å²) in [7, 11) is 0.615. The molecule has 28 heavy (non-hydrogen) atoms. The molecule has 0 aliphatic carbocycles. The molecule has 9 heteroatoms. The molecule has 7 nitrogen and oxygen atoms in total. The summed E-state index contributed by atoms with van der Waals surface area (Å²) in [4.78, 5) is 8.98. The zero-order chi connectivity index (χ0) is 20.7. The Morgan fingerprint density at radius 2 is 1.89 bits per heavy atom. The van der Waals surface area contributed by atoms with Crippen molar-refractivity contribution in [2.24, 2.45) is 4.99 Å². The van der Waals surface area contributed by atoms with Crippen molar-refractivity contribution in [3.8, 4) is 0 Å². The van der Waals surface area contributed by atoms with Crippen molar-refractivity contribution in [3.05, 3.63) is 35.1 Å². The van der Waals surface area contributed by atoms with Crippen LogP contribution >= 0.6 is 0 Å². The van der Waals surface area contributed by atoms with Crippen molar-refractivity contribution in [3.63, 3.8) is 0 Å². The van der Waals surface area contributed by atoms with Gasteiger partial charge >= 0.3 is 0 Å². The second-order valence-corrected chi connectivity index (χ2v) is 9.62. The van der Waals surface area contributed by atoms with Crippen LogP contribution in [0.3, 0.4) is 0 Å². The maximum atomic E-state index is 13.6. The van der Waals surface area contributed by atoms with Crippen molar-refractivity contribution in [2.45, 2.75) is 25.3 Å². The van der Waals surface area contributed by atoms with Gasteiger partial charge < -0.3 is 15.5 Å². The first-order valence-corrected chi connectivity index (χ1v) is 11.6. The Hall–Kier alpha value is -1.71. The van der Waals surface area contributed by atoms with Crippen LogP contribution in [-0.4, -0.2) is 83.3 Å². The third-order valence-corrected chi connectivity index (χ3v) is 5.82. The predicted molar refractivity (Wildman–Crippen MR) is 112 cm³/mol. The lowest BCUT2D eigenvalue weighted by Gasteiger charge is -2.36. The first-order valence-electron chi connectivity index (χ1n) is 9.50. The summed E-state index contributed by atoms with van der Waals surface area (Å²) >= 11 is 0. The number of rotatable bonds is 7. The fourth-order valence-electron chi connectivity index (χ4n) is 3.22. The fraction of sp³-hybridized carbons (Fsp3) is 0.632. The molecule has 0 spiro atoms. The maximum absolute atomic E-state index is 13.6. The molecule has 1 saturated heterocycles. The molecule has 0 radical (unpaired) electrons. The highest BCUT2D eigenvalue weighted by Gasteiger charge is 2.19. The lowest BCUT2D eigenvalue weighted by molar-refractivity contribution is 0.120. The van der Waals surface area contributed by atoms with E-state index in [1.54, 1.807) is 7.05 Å². The lowest BCUT2D eigenvalue weighted by Crippen LogP contribution is -2.52. The topological polar surface area (TPSA) is 77.0 Å². The van der Waals surface area contributed by atoms with Crippen LogP contribution in [0.2, 0.25) is 0 Å². The molecule has 1 atom stereocenters. The molecule has 1 aromatic carbocycles. The van der Waals surface area contributed by atoms with E-state index >= 15 is 0 Å². The third-order valence-electron chi connectivity index (χ3n) is 4.98. The number of sulfone groups is 1. The van der Waals surface area contributed by atoms with E-state index in [-0.39, 0.29) is 11.6 Å². The standard InChI is InChI=1S/C19H32FN5O2S/c1-15(25-9-7-24(3)8-10-25)12-22-19(21-2)23-13-17-11-18(20)6-5-16(17)14-28(4,26)27/h5-6,11,15H,7-10,12-14H2,1-4H3,(H2,21,22,23). The van der Waals surface area contributed by atoms with E-state index in [9.17, 15) is 12.8 Å². The Morgan fingerprint density at radius 3 is 2.50 bits per heavy atom. The molecule has 1 aromatic rings. The Kier molecular flexibility index (Phi) is 8.21. The summed E-state index contributed by atoms with van der Waals surface area (Å²) in [6, 6.07) is 4.55. The molecule has 2 rings (SSSR count). The van der Waals surface area contributed by atoms with Crippen LogP contribution < -0.4 is 10.6 Å². The molecule has 0 bridgehead atoms. The van der Waals surface area contributed by atoms with E-state index < -0.39 is 9.84 Å². The van der Waals surface area contributed by atoms with Crippen LogP contribution in [0.1, 0.15) is 18.1 Å². The van der Waals surface area contributed by atoms with E-state index in [0.717, 1.165) is 32.7 Å². The summed E-state index contributed by atoms with van der Waals surface area (Å²) in [5.41, 5.74) is 1.21. The van der Waals surface area contributed by atoms with Crippen molar-refractivity contribution >= 4 is 15.8 Å².